The van der Waals surface area contributed by atoms with Crippen LogP contribution in [0.4, 0.5) is 0 Å². The van der Waals surface area contributed by atoms with Crippen LogP contribution in [0.1, 0.15) is 90.5 Å². The first-order valence-corrected chi connectivity index (χ1v) is 13.9. The molecule has 3 nitrogen and oxygen atoms in total. The van der Waals surface area contributed by atoms with Crippen molar-refractivity contribution in [2.24, 2.45) is 40.4 Å². The van der Waals surface area contributed by atoms with Crippen molar-refractivity contribution in [1.29, 1.82) is 5.26 Å². The Kier molecular flexibility index (Phi) is 6.58. The third-order valence-corrected chi connectivity index (χ3v) is 10.9. The highest BCUT2D eigenvalue weighted by molar-refractivity contribution is 5.34. The lowest BCUT2D eigenvalue weighted by Crippen LogP contribution is -2.50. The molecule has 0 radical (unpaired) electrons. The molecule has 3 saturated carbocycles. The van der Waals surface area contributed by atoms with Gasteiger partial charge in [0.1, 0.15) is 5.75 Å². The Balaban J connectivity index is 1.19. The lowest BCUT2D eigenvalue weighted by atomic mass is 9.47. The van der Waals surface area contributed by atoms with E-state index >= 15 is 0 Å². The van der Waals surface area contributed by atoms with Crippen LogP contribution in [0, 0.1) is 51.8 Å². The van der Waals surface area contributed by atoms with E-state index in [0.717, 1.165) is 61.2 Å². The topological polar surface area (TPSA) is 53.2 Å². The zero-order valence-corrected chi connectivity index (χ0v) is 21.4. The standard InChI is InChI=1S/C31H43NO2/c1-21(5-4-18-34-25-9-6-22(20-32)7-10-25)27-12-13-28-26-11-8-23-19-24(33)14-16-30(23,2)29(26)15-17-31(27,28)3/h6-10,21,24,26-29,33H,4-5,11-19H2,1-3H3/t21-,24+,26+,27-,28+,29+,30+,31-/m1/s1. The minimum absolute atomic E-state index is 0.109. The zero-order chi connectivity index (χ0) is 23.9. The molecule has 0 amide bonds. The normalized spacial score (nSPS) is 39.7. The Morgan fingerprint density at radius 2 is 1.88 bits per heavy atom. The van der Waals surface area contributed by atoms with E-state index in [9.17, 15) is 5.11 Å². The van der Waals surface area contributed by atoms with Gasteiger partial charge in [0.15, 0.2) is 0 Å². The zero-order valence-electron chi connectivity index (χ0n) is 21.4. The second-order valence-corrected chi connectivity index (χ2v) is 12.5. The van der Waals surface area contributed by atoms with Crippen molar-refractivity contribution in [1.82, 2.24) is 0 Å². The Morgan fingerprint density at radius 1 is 1.09 bits per heavy atom. The van der Waals surface area contributed by atoms with E-state index in [-0.39, 0.29) is 6.10 Å². The van der Waals surface area contributed by atoms with Crippen LogP contribution in [0.15, 0.2) is 35.9 Å². The van der Waals surface area contributed by atoms with Gasteiger partial charge < -0.3 is 9.84 Å². The molecule has 0 aromatic heterocycles. The summed E-state index contributed by atoms with van der Waals surface area (Å²) in [5.41, 5.74) is 3.10. The summed E-state index contributed by atoms with van der Waals surface area (Å²) in [5.74, 6) is 4.99. The van der Waals surface area contributed by atoms with Gasteiger partial charge in [0.2, 0.25) is 0 Å². The fraction of sp³-hybridized carbons (Fsp3) is 0.710. The van der Waals surface area contributed by atoms with Crippen LogP contribution in [0.3, 0.4) is 0 Å². The molecule has 0 saturated heterocycles. The Bertz CT molecular complexity index is 945. The third-order valence-electron chi connectivity index (χ3n) is 10.9. The van der Waals surface area contributed by atoms with E-state index < -0.39 is 0 Å². The predicted molar refractivity (Wildman–Crippen MR) is 136 cm³/mol. The third kappa shape index (κ3) is 4.11. The predicted octanol–water partition coefficient (Wildman–Crippen LogP) is 7.29. The summed E-state index contributed by atoms with van der Waals surface area (Å²) in [6.07, 6.45) is 14.7. The van der Waals surface area contributed by atoms with Gasteiger partial charge in [0, 0.05) is 0 Å². The molecule has 4 aliphatic carbocycles. The van der Waals surface area contributed by atoms with Crippen LogP contribution in [-0.4, -0.2) is 17.8 Å². The van der Waals surface area contributed by atoms with Crippen molar-refractivity contribution < 1.29 is 9.84 Å². The van der Waals surface area contributed by atoms with Gasteiger partial charge in [-0.1, -0.05) is 32.4 Å². The monoisotopic (exact) mass is 461 g/mol. The summed E-state index contributed by atoms with van der Waals surface area (Å²) in [6.45, 7) is 8.43. The van der Waals surface area contributed by atoms with Gasteiger partial charge in [-0.05, 0) is 129 Å². The lowest BCUT2D eigenvalue weighted by Gasteiger charge is -2.58. The Hall–Kier alpha value is -1.79. The summed E-state index contributed by atoms with van der Waals surface area (Å²) in [7, 11) is 0. The number of nitriles is 1. The number of fused-ring (bicyclic) bond motifs is 5. The molecule has 0 aliphatic heterocycles. The molecular formula is C31H43NO2. The van der Waals surface area contributed by atoms with Crippen molar-refractivity contribution in [3.63, 3.8) is 0 Å². The van der Waals surface area contributed by atoms with Gasteiger partial charge in [-0.15, -0.1) is 0 Å². The molecule has 0 unspecified atom stereocenters. The number of hydrogen-bond donors (Lipinski definition) is 1. The molecule has 3 heteroatoms. The maximum atomic E-state index is 10.3. The molecule has 1 N–H and O–H groups in total. The van der Waals surface area contributed by atoms with Crippen molar-refractivity contribution in [2.75, 3.05) is 6.61 Å². The Morgan fingerprint density at radius 3 is 2.65 bits per heavy atom. The summed E-state index contributed by atoms with van der Waals surface area (Å²) in [6, 6.07) is 9.62. The minimum atomic E-state index is -0.109. The highest BCUT2D eigenvalue weighted by Gasteiger charge is 2.59. The van der Waals surface area contributed by atoms with E-state index in [2.05, 4.69) is 32.9 Å². The molecule has 5 rings (SSSR count). The summed E-state index contributed by atoms with van der Waals surface area (Å²) in [4.78, 5) is 0. The van der Waals surface area contributed by atoms with Crippen molar-refractivity contribution in [3.05, 3.63) is 41.5 Å². The van der Waals surface area contributed by atoms with E-state index in [1.54, 1.807) is 5.57 Å². The molecule has 0 heterocycles. The molecule has 0 spiro atoms. The Labute approximate surface area is 206 Å². The number of hydrogen-bond acceptors (Lipinski definition) is 3. The molecule has 4 aliphatic rings. The second kappa shape index (κ2) is 9.34. The smallest absolute Gasteiger partial charge is 0.119 e. The largest absolute Gasteiger partial charge is 0.494 e. The lowest BCUT2D eigenvalue weighted by molar-refractivity contribution is -0.0573. The van der Waals surface area contributed by atoms with Crippen LogP contribution in [0.2, 0.25) is 0 Å². The SMILES string of the molecule is C[C@H](CCCOc1ccc(C#N)cc1)[C@H]1CC[C@H]2[C@@H]3CC=C4C[C@@H](O)CC[C@]4(C)[C@H]3CC[C@]12C. The number of nitrogens with zero attached hydrogens (tertiary/aromatic N) is 1. The van der Waals surface area contributed by atoms with Crippen molar-refractivity contribution >= 4 is 0 Å². The molecular weight excluding hydrogens is 418 g/mol. The van der Waals surface area contributed by atoms with Crippen LogP contribution >= 0.6 is 0 Å². The summed E-state index contributed by atoms with van der Waals surface area (Å²) < 4.78 is 5.96. The van der Waals surface area contributed by atoms with Gasteiger partial charge in [0.05, 0.1) is 24.3 Å². The maximum Gasteiger partial charge on any atom is 0.119 e. The average Bonchev–Trinajstić information content (AvgIpc) is 3.20. The number of aliphatic hydroxyl groups excluding tert-OH is 1. The fourth-order valence-corrected chi connectivity index (χ4v) is 9.04. The van der Waals surface area contributed by atoms with Crippen molar-refractivity contribution in [3.8, 4) is 11.8 Å². The summed E-state index contributed by atoms with van der Waals surface area (Å²) >= 11 is 0. The van der Waals surface area contributed by atoms with Crippen LogP contribution in [-0.2, 0) is 0 Å². The number of rotatable bonds is 6. The second-order valence-electron chi connectivity index (χ2n) is 12.5. The molecule has 8 atom stereocenters. The average molecular weight is 462 g/mol. The van der Waals surface area contributed by atoms with E-state index in [1.807, 2.05) is 24.3 Å². The molecule has 34 heavy (non-hydrogen) atoms. The van der Waals surface area contributed by atoms with Crippen LogP contribution < -0.4 is 4.74 Å². The highest BCUT2D eigenvalue weighted by atomic mass is 16.5. The van der Waals surface area contributed by atoms with E-state index in [4.69, 9.17) is 10.00 Å². The van der Waals surface area contributed by atoms with E-state index in [0.29, 0.717) is 16.4 Å². The number of aliphatic hydroxyl groups is 1. The van der Waals surface area contributed by atoms with Crippen LogP contribution in [0.5, 0.6) is 5.75 Å². The van der Waals surface area contributed by atoms with Crippen molar-refractivity contribution in [2.45, 2.75) is 91.1 Å². The fourth-order valence-electron chi connectivity index (χ4n) is 9.04. The van der Waals surface area contributed by atoms with E-state index in [1.165, 1.54) is 44.9 Å². The first-order valence-electron chi connectivity index (χ1n) is 13.9. The molecule has 184 valence electrons. The van der Waals surface area contributed by atoms with Gasteiger partial charge in [-0.25, -0.2) is 0 Å². The molecule has 0 bridgehead atoms. The number of benzene rings is 1. The first-order chi connectivity index (χ1) is 16.3. The first kappa shape index (κ1) is 23.9. The maximum absolute atomic E-state index is 10.3. The molecule has 1 aromatic rings. The minimum Gasteiger partial charge on any atom is -0.494 e. The molecule has 3 fully saturated rings. The van der Waals surface area contributed by atoms with Gasteiger partial charge in [0.25, 0.3) is 0 Å². The molecule has 1 aromatic carbocycles. The van der Waals surface area contributed by atoms with Gasteiger partial charge in [-0.3, -0.25) is 0 Å². The van der Waals surface area contributed by atoms with Crippen LogP contribution in [0.25, 0.3) is 0 Å². The van der Waals surface area contributed by atoms with Gasteiger partial charge in [-0.2, -0.15) is 5.26 Å². The number of allylic oxidation sites excluding steroid dienone is 1. The quantitative estimate of drug-likeness (QED) is 0.357. The number of ether oxygens (including phenoxy) is 1. The summed E-state index contributed by atoms with van der Waals surface area (Å²) in [5, 5.41) is 19.2. The highest BCUT2D eigenvalue weighted by Crippen LogP contribution is 2.67. The van der Waals surface area contributed by atoms with Gasteiger partial charge >= 0.3 is 0 Å².